The van der Waals surface area contributed by atoms with Gasteiger partial charge >= 0.3 is 0 Å². The van der Waals surface area contributed by atoms with Crippen molar-refractivity contribution in [2.45, 2.75) is 46.1 Å². The van der Waals surface area contributed by atoms with Crippen molar-refractivity contribution >= 4 is 29.5 Å². The van der Waals surface area contributed by atoms with Crippen LogP contribution in [0.5, 0.6) is 0 Å². The lowest BCUT2D eigenvalue weighted by Gasteiger charge is -2.04. The van der Waals surface area contributed by atoms with E-state index in [1.807, 2.05) is 27.0 Å². The van der Waals surface area contributed by atoms with Gasteiger partial charge in [-0.1, -0.05) is 5.16 Å². The number of nitrogens with one attached hydrogen (secondary N) is 1. The maximum atomic E-state index is 12.2. The van der Waals surface area contributed by atoms with Gasteiger partial charge in [0.15, 0.2) is 11.6 Å². The highest BCUT2D eigenvalue weighted by molar-refractivity contribution is 7.12. The lowest BCUT2D eigenvalue weighted by atomic mass is 10.1. The summed E-state index contributed by atoms with van der Waals surface area (Å²) in [5, 5.41) is 7.07. The number of carbonyl (C=O) groups excluding carboxylic acids is 1. The molecule has 1 atom stereocenters. The summed E-state index contributed by atoms with van der Waals surface area (Å²) < 4.78 is 5.19. The molecular formula is C15H22ClN3O2S. The second-order valence-electron chi connectivity index (χ2n) is 5.25. The van der Waals surface area contributed by atoms with E-state index >= 15 is 0 Å². The first-order valence-electron chi connectivity index (χ1n) is 7.08. The van der Waals surface area contributed by atoms with Crippen molar-refractivity contribution in [1.82, 2.24) is 15.5 Å². The molecule has 2 rings (SSSR count). The molecule has 0 aliphatic heterocycles. The summed E-state index contributed by atoms with van der Waals surface area (Å²) >= 11 is 1.65. The molecule has 0 radical (unpaired) electrons. The van der Waals surface area contributed by atoms with Gasteiger partial charge in [0.25, 0.3) is 0 Å². The molecule has 5 nitrogen and oxygen atoms in total. The Labute approximate surface area is 140 Å². The standard InChI is InChI=1S/C15H21N3O2S.ClH/c1-9(16-4)7-14-17-15(20-18-14)6-5-13(19)12-8-10(2)21-11(12)3;/h8-9,16H,5-7H2,1-4H3;1H. The van der Waals surface area contributed by atoms with Crippen LogP contribution in [0.1, 0.15) is 45.2 Å². The van der Waals surface area contributed by atoms with Gasteiger partial charge in [0.1, 0.15) is 0 Å². The number of hydrogen-bond donors (Lipinski definition) is 1. The van der Waals surface area contributed by atoms with Gasteiger partial charge in [-0.2, -0.15) is 4.98 Å². The van der Waals surface area contributed by atoms with Crippen molar-refractivity contribution in [3.05, 3.63) is 33.1 Å². The van der Waals surface area contributed by atoms with E-state index in [0.29, 0.717) is 30.6 Å². The van der Waals surface area contributed by atoms with Crippen LogP contribution in [0.25, 0.3) is 0 Å². The van der Waals surface area contributed by atoms with Crippen LogP contribution in [0, 0.1) is 13.8 Å². The van der Waals surface area contributed by atoms with Crippen molar-refractivity contribution in [1.29, 1.82) is 0 Å². The van der Waals surface area contributed by atoms with Gasteiger partial charge in [-0.15, -0.1) is 23.7 Å². The molecule has 2 aromatic heterocycles. The average molecular weight is 344 g/mol. The predicted molar refractivity (Wildman–Crippen MR) is 90.2 cm³/mol. The molecule has 0 aliphatic carbocycles. The molecule has 0 saturated heterocycles. The second kappa shape index (κ2) is 8.41. The number of carbonyl (C=O) groups is 1. The Morgan fingerprint density at radius 3 is 2.77 bits per heavy atom. The molecular weight excluding hydrogens is 322 g/mol. The molecule has 0 aliphatic rings. The molecule has 122 valence electrons. The van der Waals surface area contributed by atoms with Crippen molar-refractivity contribution in [3.63, 3.8) is 0 Å². The van der Waals surface area contributed by atoms with Gasteiger partial charge in [0.05, 0.1) is 0 Å². The highest BCUT2D eigenvalue weighted by atomic mass is 35.5. The van der Waals surface area contributed by atoms with Gasteiger partial charge in [0, 0.05) is 40.6 Å². The number of ketones is 1. The van der Waals surface area contributed by atoms with Gasteiger partial charge < -0.3 is 9.84 Å². The number of rotatable bonds is 7. The molecule has 7 heteroatoms. The third kappa shape index (κ3) is 4.90. The zero-order valence-corrected chi connectivity index (χ0v) is 14.9. The summed E-state index contributed by atoms with van der Waals surface area (Å²) in [7, 11) is 1.90. The number of hydrogen-bond acceptors (Lipinski definition) is 6. The molecule has 0 fully saturated rings. The Morgan fingerprint density at radius 2 is 2.18 bits per heavy atom. The van der Waals surface area contributed by atoms with Crippen LogP contribution < -0.4 is 5.32 Å². The van der Waals surface area contributed by atoms with Crippen LogP contribution >= 0.6 is 23.7 Å². The van der Waals surface area contributed by atoms with E-state index in [0.717, 1.165) is 21.7 Å². The molecule has 1 unspecified atom stereocenters. The first-order valence-corrected chi connectivity index (χ1v) is 7.90. The van der Waals surface area contributed by atoms with Crippen LogP contribution in [0.2, 0.25) is 0 Å². The third-order valence-electron chi connectivity index (χ3n) is 3.40. The Morgan fingerprint density at radius 1 is 1.45 bits per heavy atom. The summed E-state index contributed by atoms with van der Waals surface area (Å²) in [4.78, 5) is 18.8. The minimum absolute atomic E-state index is 0. The highest BCUT2D eigenvalue weighted by Crippen LogP contribution is 2.22. The SMILES string of the molecule is CNC(C)Cc1noc(CCC(=O)c2cc(C)sc2C)n1.Cl. The summed E-state index contributed by atoms with van der Waals surface area (Å²) in [5.41, 5.74) is 0.820. The van der Waals surface area contributed by atoms with E-state index in [2.05, 4.69) is 22.4 Å². The topological polar surface area (TPSA) is 68.0 Å². The van der Waals surface area contributed by atoms with E-state index in [4.69, 9.17) is 4.52 Å². The third-order valence-corrected chi connectivity index (χ3v) is 4.36. The van der Waals surface area contributed by atoms with Crippen LogP contribution in [0.3, 0.4) is 0 Å². The molecule has 22 heavy (non-hydrogen) atoms. The molecule has 0 amide bonds. The van der Waals surface area contributed by atoms with E-state index < -0.39 is 0 Å². The van der Waals surface area contributed by atoms with E-state index in [-0.39, 0.29) is 18.2 Å². The Balaban J connectivity index is 0.00000242. The van der Waals surface area contributed by atoms with Gasteiger partial charge in [-0.3, -0.25) is 4.79 Å². The Kier molecular flexibility index (Phi) is 7.19. The fourth-order valence-electron chi connectivity index (χ4n) is 2.11. The van der Waals surface area contributed by atoms with Crippen molar-refractivity contribution < 1.29 is 9.32 Å². The van der Waals surface area contributed by atoms with Crippen molar-refractivity contribution in [3.8, 4) is 0 Å². The first-order chi connectivity index (χ1) is 9.99. The summed E-state index contributed by atoms with van der Waals surface area (Å²) in [6, 6.07) is 2.25. The molecule has 0 saturated carbocycles. The summed E-state index contributed by atoms with van der Waals surface area (Å²) in [6.07, 6.45) is 1.62. The Bertz CT molecular complexity index is 624. The van der Waals surface area contributed by atoms with E-state index in [1.54, 1.807) is 11.3 Å². The van der Waals surface area contributed by atoms with Gasteiger partial charge in [-0.25, -0.2) is 0 Å². The molecule has 0 bridgehead atoms. The molecule has 1 N–H and O–H groups in total. The largest absolute Gasteiger partial charge is 0.339 e. The van der Waals surface area contributed by atoms with Crippen molar-refractivity contribution in [2.75, 3.05) is 7.05 Å². The summed E-state index contributed by atoms with van der Waals surface area (Å²) in [6.45, 7) is 6.05. The molecule has 2 aromatic rings. The maximum absolute atomic E-state index is 12.2. The quantitative estimate of drug-likeness (QED) is 0.782. The average Bonchev–Trinajstić information content (AvgIpc) is 3.02. The number of aromatic nitrogens is 2. The fourth-order valence-corrected chi connectivity index (χ4v) is 3.06. The van der Waals surface area contributed by atoms with Gasteiger partial charge in [0.2, 0.25) is 5.89 Å². The molecule has 0 spiro atoms. The smallest absolute Gasteiger partial charge is 0.227 e. The predicted octanol–water partition coefficient (Wildman–Crippen LogP) is 3.14. The number of likely N-dealkylation sites (N-methyl/N-ethyl adjacent to an activating group) is 1. The second-order valence-corrected chi connectivity index (χ2v) is 6.71. The zero-order valence-electron chi connectivity index (χ0n) is 13.3. The van der Waals surface area contributed by atoms with E-state index in [1.165, 1.54) is 0 Å². The zero-order chi connectivity index (χ0) is 15.4. The monoisotopic (exact) mass is 343 g/mol. The first kappa shape index (κ1) is 18.8. The van der Waals surface area contributed by atoms with Gasteiger partial charge in [-0.05, 0) is 33.9 Å². The maximum Gasteiger partial charge on any atom is 0.227 e. The summed E-state index contributed by atoms with van der Waals surface area (Å²) in [5.74, 6) is 1.35. The normalized spacial score (nSPS) is 12.0. The van der Waals surface area contributed by atoms with Crippen LogP contribution in [-0.2, 0) is 12.8 Å². The highest BCUT2D eigenvalue weighted by Gasteiger charge is 2.15. The number of halogens is 1. The fraction of sp³-hybridized carbons (Fsp3) is 0.533. The number of aryl methyl sites for hydroxylation is 3. The lowest BCUT2D eigenvalue weighted by Crippen LogP contribution is -2.24. The molecule has 0 aromatic carbocycles. The lowest BCUT2D eigenvalue weighted by molar-refractivity contribution is 0.0979. The van der Waals surface area contributed by atoms with Crippen LogP contribution in [-0.4, -0.2) is 29.0 Å². The molecule has 2 heterocycles. The van der Waals surface area contributed by atoms with E-state index in [9.17, 15) is 4.79 Å². The Hall–Kier alpha value is -1.24. The minimum Gasteiger partial charge on any atom is -0.339 e. The van der Waals surface area contributed by atoms with Crippen LogP contribution in [0.4, 0.5) is 0 Å². The van der Waals surface area contributed by atoms with Crippen LogP contribution in [0.15, 0.2) is 10.6 Å². The number of Topliss-reactive ketones (excluding diaryl/α,β-unsaturated/α-hetero) is 1. The van der Waals surface area contributed by atoms with Crippen molar-refractivity contribution in [2.24, 2.45) is 0 Å². The number of thiophene rings is 1. The minimum atomic E-state index is 0. The number of nitrogens with zero attached hydrogens (tertiary/aromatic N) is 2.